The number of alkyl halides is 2. The molecular formula is C33H36F2N6O5. The zero-order valence-corrected chi connectivity index (χ0v) is 26.0. The molecule has 0 aromatic carbocycles. The number of nitrogens with zero attached hydrogens (tertiary/aromatic N) is 5. The van der Waals surface area contributed by atoms with Crippen LogP contribution in [0, 0.1) is 18.8 Å². The first-order chi connectivity index (χ1) is 21.9. The van der Waals surface area contributed by atoms with Crippen molar-refractivity contribution >= 4 is 23.6 Å². The Bertz CT molecular complexity index is 1690. The van der Waals surface area contributed by atoms with Crippen LogP contribution in [0.4, 0.5) is 20.4 Å². The summed E-state index contributed by atoms with van der Waals surface area (Å²) in [5.74, 6) is -0.874. The largest absolute Gasteiger partial charge is 0.425 e. The Morgan fingerprint density at radius 3 is 2.46 bits per heavy atom. The Morgan fingerprint density at radius 1 is 1.04 bits per heavy atom. The van der Waals surface area contributed by atoms with Gasteiger partial charge in [0.25, 0.3) is 6.43 Å². The van der Waals surface area contributed by atoms with Crippen molar-refractivity contribution in [1.82, 2.24) is 24.7 Å². The van der Waals surface area contributed by atoms with Gasteiger partial charge in [-0.1, -0.05) is 0 Å². The molecule has 0 unspecified atom stereocenters. The molecule has 0 radical (unpaired) electrons. The predicted molar refractivity (Wildman–Crippen MR) is 164 cm³/mol. The van der Waals surface area contributed by atoms with Gasteiger partial charge in [0, 0.05) is 43.7 Å². The molecule has 13 heteroatoms. The number of nitrogens with one attached hydrogen (secondary N) is 1. The van der Waals surface area contributed by atoms with Gasteiger partial charge < -0.3 is 19.9 Å². The number of carbonyl (C=O) groups is 2. The number of aromatic nitrogens is 5. The highest BCUT2D eigenvalue weighted by atomic mass is 19.3. The number of hydrogen-bond donors (Lipinski definition) is 2. The number of anilines is 2. The molecule has 0 aliphatic heterocycles. The van der Waals surface area contributed by atoms with Gasteiger partial charge in [-0.05, 0) is 87.4 Å². The van der Waals surface area contributed by atoms with E-state index in [2.05, 4.69) is 25.4 Å². The summed E-state index contributed by atoms with van der Waals surface area (Å²) in [5.41, 5.74) is 1.60. The molecule has 0 spiro atoms. The number of aliphatic hydroxyl groups is 1. The quantitative estimate of drug-likeness (QED) is 0.157. The minimum absolute atomic E-state index is 0.139. The van der Waals surface area contributed by atoms with Gasteiger partial charge in [0.1, 0.15) is 17.2 Å². The summed E-state index contributed by atoms with van der Waals surface area (Å²) in [6, 6.07) is 9.80. The minimum atomic E-state index is -2.61. The normalized spacial score (nSPS) is 18.4. The van der Waals surface area contributed by atoms with E-state index in [1.54, 1.807) is 32.3 Å². The molecule has 0 saturated heterocycles. The minimum Gasteiger partial charge on any atom is -0.425 e. The summed E-state index contributed by atoms with van der Waals surface area (Å²) in [5, 5.41) is 18.5. The molecule has 5 rings (SSSR count). The van der Waals surface area contributed by atoms with Gasteiger partial charge >= 0.3 is 11.9 Å². The molecule has 1 fully saturated rings. The lowest BCUT2D eigenvalue weighted by molar-refractivity contribution is -0.172. The predicted octanol–water partition coefficient (Wildman–Crippen LogP) is 6.02. The highest BCUT2D eigenvalue weighted by Gasteiger charge is 2.39. The van der Waals surface area contributed by atoms with Gasteiger partial charge in [0.2, 0.25) is 6.29 Å². The van der Waals surface area contributed by atoms with Crippen molar-refractivity contribution in [2.75, 3.05) is 5.32 Å². The molecule has 2 N–H and O–H groups in total. The first-order valence-corrected chi connectivity index (χ1v) is 15.0. The third kappa shape index (κ3) is 7.71. The number of aryl methyl sites for hydroxylation is 2. The fourth-order valence-electron chi connectivity index (χ4n) is 5.64. The summed E-state index contributed by atoms with van der Waals surface area (Å²) in [4.78, 5) is 38.3. The number of esters is 2. The van der Waals surface area contributed by atoms with Crippen LogP contribution in [-0.2, 0) is 26.9 Å². The van der Waals surface area contributed by atoms with Gasteiger partial charge in [-0.25, -0.2) is 23.5 Å². The number of carbonyl (C=O) groups excluding carboxylic acids is 2. The molecule has 0 amide bonds. The van der Waals surface area contributed by atoms with E-state index >= 15 is 0 Å². The maximum absolute atomic E-state index is 13.1. The summed E-state index contributed by atoms with van der Waals surface area (Å²) >= 11 is 0. The molecule has 2 atom stereocenters. The van der Waals surface area contributed by atoms with Crippen LogP contribution in [0.3, 0.4) is 0 Å². The van der Waals surface area contributed by atoms with Crippen LogP contribution >= 0.6 is 0 Å². The lowest BCUT2D eigenvalue weighted by atomic mass is 9.73. The Hall–Kier alpha value is -4.78. The van der Waals surface area contributed by atoms with Crippen LogP contribution in [0.15, 0.2) is 61.2 Å². The third-order valence-corrected chi connectivity index (χ3v) is 8.19. The van der Waals surface area contributed by atoms with Crippen molar-refractivity contribution < 1.29 is 33.0 Å². The van der Waals surface area contributed by atoms with E-state index in [1.807, 2.05) is 19.1 Å². The van der Waals surface area contributed by atoms with Crippen LogP contribution in [0.1, 0.15) is 73.1 Å². The number of halogens is 2. The highest BCUT2D eigenvalue weighted by Crippen LogP contribution is 2.41. The molecule has 4 heterocycles. The molecule has 1 aliphatic carbocycles. The molecular weight excluding hydrogens is 598 g/mol. The Morgan fingerprint density at radius 2 is 1.80 bits per heavy atom. The van der Waals surface area contributed by atoms with Gasteiger partial charge in [-0.2, -0.15) is 5.10 Å². The second-order valence-electron chi connectivity index (χ2n) is 11.8. The molecule has 0 bridgehead atoms. The number of ether oxygens (including phenoxy) is 2. The maximum atomic E-state index is 13.1. The van der Waals surface area contributed by atoms with Crippen molar-refractivity contribution in [3.05, 3.63) is 83.6 Å². The Labute approximate surface area is 265 Å². The fourth-order valence-corrected chi connectivity index (χ4v) is 5.64. The summed E-state index contributed by atoms with van der Waals surface area (Å²) < 4.78 is 38.3. The second kappa shape index (κ2) is 13.7. The molecule has 4 aromatic heterocycles. The zero-order valence-electron chi connectivity index (χ0n) is 26.0. The maximum Gasteiger partial charge on any atom is 0.344 e. The van der Waals surface area contributed by atoms with Crippen LogP contribution in [0.25, 0.3) is 11.3 Å². The van der Waals surface area contributed by atoms with Crippen molar-refractivity contribution in [1.29, 1.82) is 0 Å². The lowest BCUT2D eigenvalue weighted by Gasteiger charge is -2.37. The third-order valence-electron chi connectivity index (χ3n) is 8.19. The standard InChI is InChI=1S/C33H36F2N6O5/c1-19-13-26(39-29(14-19)40-28-15-22(30(34)35)11-12-36-28)23-7-10-27(37-16-23)33(3,44)25-8-5-21(6-9-25)31(42)45-20(2)46-32(43)24-17-38-41(4)18-24/h7,10-18,20-21,25,30,44H,5-6,8-9H2,1-4H3,(H,36,39,40)/t20-,21-,25-,33-/m1/s1. The number of rotatable bonds is 10. The topological polar surface area (TPSA) is 141 Å². The Balaban J connectivity index is 1.18. The average molecular weight is 635 g/mol. The molecule has 1 saturated carbocycles. The summed E-state index contributed by atoms with van der Waals surface area (Å²) in [7, 11) is 1.68. The molecule has 11 nitrogen and oxygen atoms in total. The van der Waals surface area contributed by atoms with E-state index in [1.165, 1.54) is 42.3 Å². The number of pyridine rings is 3. The van der Waals surface area contributed by atoms with Crippen LogP contribution in [0.2, 0.25) is 0 Å². The average Bonchev–Trinajstić information content (AvgIpc) is 3.47. The summed E-state index contributed by atoms with van der Waals surface area (Å²) in [6.07, 6.45) is 4.38. The molecule has 46 heavy (non-hydrogen) atoms. The zero-order chi connectivity index (χ0) is 33.0. The van der Waals surface area contributed by atoms with E-state index in [-0.39, 0.29) is 28.8 Å². The van der Waals surface area contributed by atoms with Crippen molar-refractivity contribution in [3.63, 3.8) is 0 Å². The van der Waals surface area contributed by atoms with Crippen LogP contribution in [0.5, 0.6) is 0 Å². The fraction of sp³-hybridized carbons (Fsp3) is 0.394. The van der Waals surface area contributed by atoms with Gasteiger partial charge in [-0.3, -0.25) is 14.5 Å². The smallest absolute Gasteiger partial charge is 0.344 e. The van der Waals surface area contributed by atoms with Crippen molar-refractivity contribution in [2.45, 2.75) is 64.8 Å². The SMILES string of the molecule is Cc1cc(Nc2cc(C(F)F)ccn2)nc(-c2ccc([C@](C)(O)[C@H]3CC[C@H](C(=O)O[C@@H](C)OC(=O)c4cnn(C)c4)CC3)nc2)c1. The Kier molecular flexibility index (Phi) is 9.71. The van der Waals surface area contributed by atoms with E-state index < -0.39 is 30.3 Å². The van der Waals surface area contributed by atoms with Crippen LogP contribution in [-0.4, -0.2) is 48.1 Å². The first kappa shape index (κ1) is 32.6. The van der Waals surface area contributed by atoms with E-state index in [0.717, 1.165) is 5.56 Å². The van der Waals surface area contributed by atoms with Gasteiger partial charge in [-0.15, -0.1) is 0 Å². The van der Waals surface area contributed by atoms with E-state index in [0.29, 0.717) is 48.5 Å². The van der Waals surface area contributed by atoms with E-state index in [4.69, 9.17) is 9.47 Å². The molecule has 1 aliphatic rings. The van der Waals surface area contributed by atoms with Crippen molar-refractivity contribution in [2.24, 2.45) is 18.9 Å². The van der Waals surface area contributed by atoms with Gasteiger partial charge in [0.15, 0.2) is 0 Å². The van der Waals surface area contributed by atoms with Crippen molar-refractivity contribution in [3.8, 4) is 11.3 Å². The lowest BCUT2D eigenvalue weighted by Crippen LogP contribution is -2.37. The van der Waals surface area contributed by atoms with E-state index in [9.17, 15) is 23.5 Å². The monoisotopic (exact) mass is 634 g/mol. The highest BCUT2D eigenvalue weighted by molar-refractivity contribution is 5.88. The first-order valence-electron chi connectivity index (χ1n) is 15.0. The van der Waals surface area contributed by atoms with Crippen LogP contribution < -0.4 is 5.32 Å². The second-order valence-corrected chi connectivity index (χ2v) is 11.8. The summed E-state index contributed by atoms with van der Waals surface area (Å²) in [6.45, 7) is 5.12. The van der Waals surface area contributed by atoms with Gasteiger partial charge in [0.05, 0.1) is 29.1 Å². The molecule has 4 aromatic rings. The number of hydrogen-bond acceptors (Lipinski definition) is 10. The molecule has 242 valence electrons.